The lowest BCUT2D eigenvalue weighted by molar-refractivity contribution is 0.498. The van der Waals surface area contributed by atoms with E-state index < -0.39 is 11.6 Å². The van der Waals surface area contributed by atoms with Crippen LogP contribution in [0.3, 0.4) is 0 Å². The first kappa shape index (κ1) is 14.6. The molecule has 0 spiro atoms. The van der Waals surface area contributed by atoms with E-state index in [1.807, 2.05) is 31.2 Å². The van der Waals surface area contributed by atoms with Crippen LogP contribution in [0.25, 0.3) is 0 Å². The molecule has 0 aliphatic rings. The average molecular weight is 276 g/mol. The molecule has 2 rings (SSSR count). The van der Waals surface area contributed by atoms with E-state index in [1.54, 1.807) is 6.07 Å². The predicted octanol–water partition coefficient (Wildman–Crippen LogP) is 2.89. The first-order valence-electron chi connectivity index (χ1n) is 6.54. The molecule has 0 aliphatic heterocycles. The van der Waals surface area contributed by atoms with Gasteiger partial charge in [0.2, 0.25) is 0 Å². The monoisotopic (exact) mass is 276 g/mol. The van der Waals surface area contributed by atoms with E-state index in [2.05, 4.69) is 5.43 Å². The maximum absolute atomic E-state index is 13.2. The second-order valence-electron chi connectivity index (χ2n) is 4.95. The van der Waals surface area contributed by atoms with E-state index in [1.165, 1.54) is 17.2 Å². The molecule has 0 fully saturated rings. The molecule has 1 atom stereocenters. The SMILES string of the molecule is Cc1ccccc1CC(Cc1ccc(F)c(F)c1)NN. The highest BCUT2D eigenvalue weighted by Crippen LogP contribution is 2.14. The highest BCUT2D eigenvalue weighted by molar-refractivity contribution is 5.27. The minimum absolute atomic E-state index is 0.0269. The van der Waals surface area contributed by atoms with Crippen LogP contribution in [0, 0.1) is 18.6 Å². The maximum atomic E-state index is 13.2. The summed E-state index contributed by atoms with van der Waals surface area (Å²) in [5.41, 5.74) is 5.85. The maximum Gasteiger partial charge on any atom is 0.159 e. The van der Waals surface area contributed by atoms with Gasteiger partial charge in [-0.25, -0.2) is 8.78 Å². The molecule has 0 amide bonds. The fraction of sp³-hybridized carbons (Fsp3) is 0.250. The zero-order valence-corrected chi connectivity index (χ0v) is 11.4. The van der Waals surface area contributed by atoms with Crippen molar-refractivity contribution in [1.29, 1.82) is 0 Å². The summed E-state index contributed by atoms with van der Waals surface area (Å²) in [5.74, 6) is 3.92. The van der Waals surface area contributed by atoms with Gasteiger partial charge in [0, 0.05) is 6.04 Å². The van der Waals surface area contributed by atoms with Crippen LogP contribution >= 0.6 is 0 Å². The molecule has 0 aliphatic carbocycles. The normalized spacial score (nSPS) is 12.4. The lowest BCUT2D eigenvalue weighted by atomic mass is 9.97. The van der Waals surface area contributed by atoms with Crippen LogP contribution in [0.1, 0.15) is 16.7 Å². The number of hydrazine groups is 1. The van der Waals surface area contributed by atoms with Crippen molar-refractivity contribution in [3.8, 4) is 0 Å². The van der Waals surface area contributed by atoms with Crippen LogP contribution < -0.4 is 11.3 Å². The van der Waals surface area contributed by atoms with Crippen LogP contribution in [0.5, 0.6) is 0 Å². The molecule has 2 aromatic carbocycles. The summed E-state index contributed by atoms with van der Waals surface area (Å²) < 4.78 is 26.1. The number of nitrogens with two attached hydrogens (primary N) is 1. The third kappa shape index (κ3) is 3.62. The summed E-state index contributed by atoms with van der Waals surface area (Å²) in [6.45, 7) is 2.04. The van der Waals surface area contributed by atoms with Gasteiger partial charge in [0.15, 0.2) is 11.6 Å². The Morgan fingerprint density at radius 3 is 2.45 bits per heavy atom. The van der Waals surface area contributed by atoms with Gasteiger partial charge in [-0.15, -0.1) is 0 Å². The molecule has 1 unspecified atom stereocenters. The van der Waals surface area contributed by atoms with Gasteiger partial charge >= 0.3 is 0 Å². The fourth-order valence-corrected chi connectivity index (χ4v) is 2.25. The van der Waals surface area contributed by atoms with Crippen molar-refractivity contribution in [2.24, 2.45) is 5.84 Å². The van der Waals surface area contributed by atoms with Crippen LogP contribution in [-0.2, 0) is 12.8 Å². The third-order valence-electron chi connectivity index (χ3n) is 3.43. The van der Waals surface area contributed by atoms with Gasteiger partial charge in [0.25, 0.3) is 0 Å². The number of benzene rings is 2. The molecule has 2 aromatic rings. The molecule has 106 valence electrons. The Morgan fingerprint density at radius 2 is 1.80 bits per heavy atom. The van der Waals surface area contributed by atoms with Gasteiger partial charge < -0.3 is 0 Å². The molecule has 3 N–H and O–H groups in total. The van der Waals surface area contributed by atoms with Gasteiger partial charge in [0.05, 0.1) is 0 Å². The molecule has 2 nitrogen and oxygen atoms in total. The number of halogens is 2. The summed E-state index contributed by atoms with van der Waals surface area (Å²) in [6.07, 6.45) is 1.28. The van der Waals surface area contributed by atoms with Crippen molar-refractivity contribution in [2.75, 3.05) is 0 Å². The minimum Gasteiger partial charge on any atom is -0.271 e. The zero-order chi connectivity index (χ0) is 14.5. The summed E-state index contributed by atoms with van der Waals surface area (Å²) >= 11 is 0. The number of rotatable bonds is 5. The van der Waals surface area contributed by atoms with Gasteiger partial charge in [-0.2, -0.15) is 0 Å². The van der Waals surface area contributed by atoms with E-state index in [-0.39, 0.29) is 6.04 Å². The van der Waals surface area contributed by atoms with Gasteiger partial charge in [-0.05, 0) is 48.6 Å². The molecule has 0 saturated carbocycles. The highest BCUT2D eigenvalue weighted by Gasteiger charge is 2.12. The first-order chi connectivity index (χ1) is 9.60. The standard InChI is InChI=1S/C16H18F2N2/c1-11-4-2-3-5-13(11)10-14(20-19)8-12-6-7-15(17)16(18)9-12/h2-7,9,14,20H,8,10,19H2,1H3. The molecule has 0 bridgehead atoms. The number of hydrogen-bond donors (Lipinski definition) is 2. The number of hydrogen-bond acceptors (Lipinski definition) is 2. The van der Waals surface area contributed by atoms with E-state index in [4.69, 9.17) is 5.84 Å². The third-order valence-corrected chi connectivity index (χ3v) is 3.43. The van der Waals surface area contributed by atoms with Crippen molar-refractivity contribution >= 4 is 0 Å². The van der Waals surface area contributed by atoms with Crippen LogP contribution in [0.2, 0.25) is 0 Å². The van der Waals surface area contributed by atoms with Gasteiger partial charge in [-0.1, -0.05) is 30.3 Å². The lowest BCUT2D eigenvalue weighted by Crippen LogP contribution is -2.38. The Balaban J connectivity index is 2.09. The highest BCUT2D eigenvalue weighted by atomic mass is 19.2. The number of aryl methyl sites for hydroxylation is 1. The molecule has 0 heterocycles. The molecule has 0 aromatic heterocycles. The van der Waals surface area contributed by atoms with E-state index >= 15 is 0 Å². The fourth-order valence-electron chi connectivity index (χ4n) is 2.25. The minimum atomic E-state index is -0.829. The Labute approximate surface area is 117 Å². The molecule has 0 radical (unpaired) electrons. The predicted molar refractivity (Wildman–Crippen MR) is 76.1 cm³/mol. The Hall–Kier alpha value is -1.78. The van der Waals surface area contributed by atoms with Crippen molar-refractivity contribution in [3.63, 3.8) is 0 Å². The lowest BCUT2D eigenvalue weighted by Gasteiger charge is -2.17. The molecular formula is C16H18F2N2. The van der Waals surface area contributed by atoms with Crippen molar-refractivity contribution in [1.82, 2.24) is 5.43 Å². The summed E-state index contributed by atoms with van der Waals surface area (Å²) in [4.78, 5) is 0. The molecule has 0 saturated heterocycles. The largest absolute Gasteiger partial charge is 0.271 e. The molecule has 4 heteroatoms. The zero-order valence-electron chi connectivity index (χ0n) is 11.4. The van der Waals surface area contributed by atoms with Crippen molar-refractivity contribution < 1.29 is 8.78 Å². The summed E-state index contributed by atoms with van der Waals surface area (Å²) in [5, 5.41) is 0. The van der Waals surface area contributed by atoms with E-state index in [9.17, 15) is 8.78 Å². The topological polar surface area (TPSA) is 38.0 Å². The molecule has 20 heavy (non-hydrogen) atoms. The Bertz CT molecular complexity index is 584. The van der Waals surface area contributed by atoms with Crippen molar-refractivity contribution in [2.45, 2.75) is 25.8 Å². The van der Waals surface area contributed by atoms with Crippen LogP contribution in [-0.4, -0.2) is 6.04 Å². The van der Waals surface area contributed by atoms with Gasteiger partial charge in [-0.3, -0.25) is 11.3 Å². The first-order valence-corrected chi connectivity index (χ1v) is 6.54. The summed E-state index contributed by atoms with van der Waals surface area (Å²) in [6, 6.07) is 12.0. The molecular weight excluding hydrogens is 258 g/mol. The van der Waals surface area contributed by atoms with E-state index in [0.29, 0.717) is 6.42 Å². The average Bonchev–Trinajstić information content (AvgIpc) is 2.44. The van der Waals surface area contributed by atoms with Crippen LogP contribution in [0.4, 0.5) is 8.78 Å². The van der Waals surface area contributed by atoms with Crippen molar-refractivity contribution in [3.05, 3.63) is 70.8 Å². The second kappa shape index (κ2) is 6.59. The smallest absolute Gasteiger partial charge is 0.159 e. The van der Waals surface area contributed by atoms with E-state index in [0.717, 1.165) is 18.1 Å². The Kier molecular flexibility index (Phi) is 4.82. The second-order valence-corrected chi connectivity index (χ2v) is 4.95. The van der Waals surface area contributed by atoms with Gasteiger partial charge in [0.1, 0.15) is 0 Å². The van der Waals surface area contributed by atoms with Crippen LogP contribution in [0.15, 0.2) is 42.5 Å². The Morgan fingerprint density at radius 1 is 1.05 bits per heavy atom. The number of nitrogens with one attached hydrogen (secondary N) is 1. The summed E-state index contributed by atoms with van der Waals surface area (Å²) in [7, 11) is 0. The quantitative estimate of drug-likeness (QED) is 0.651.